The first-order valence-electron chi connectivity index (χ1n) is 12.2. The minimum Gasteiger partial charge on any atom is -0.386 e. The van der Waals surface area contributed by atoms with Gasteiger partial charge in [0.25, 0.3) is 0 Å². The Bertz CT molecular complexity index is 1140. The molecule has 0 bridgehead atoms. The Morgan fingerprint density at radius 2 is 2.06 bits per heavy atom. The summed E-state index contributed by atoms with van der Waals surface area (Å²) in [5, 5.41) is 15.1. The summed E-state index contributed by atoms with van der Waals surface area (Å²) >= 11 is 0. The number of nitrogens with zero attached hydrogens (tertiary/aromatic N) is 8. The van der Waals surface area contributed by atoms with E-state index in [4.69, 9.17) is 19.8 Å². The lowest BCUT2D eigenvalue weighted by Gasteiger charge is -2.29. The van der Waals surface area contributed by atoms with Gasteiger partial charge < -0.3 is 25.6 Å². The summed E-state index contributed by atoms with van der Waals surface area (Å²) in [5.41, 5.74) is 3.66. The van der Waals surface area contributed by atoms with Crippen LogP contribution in [0.4, 0.5) is 17.6 Å². The van der Waals surface area contributed by atoms with Crippen LogP contribution in [0.2, 0.25) is 0 Å². The lowest BCUT2D eigenvalue weighted by Crippen LogP contribution is -2.44. The third-order valence-electron chi connectivity index (χ3n) is 6.12. The van der Waals surface area contributed by atoms with Gasteiger partial charge in [-0.25, -0.2) is 15.0 Å². The molecule has 35 heavy (non-hydrogen) atoms. The average Bonchev–Trinajstić information content (AvgIpc) is 3.22. The first kappa shape index (κ1) is 23.4. The van der Waals surface area contributed by atoms with Crippen LogP contribution in [0.3, 0.4) is 0 Å². The van der Waals surface area contributed by atoms with Gasteiger partial charge in [0.05, 0.1) is 13.2 Å². The molecule has 5 heterocycles. The van der Waals surface area contributed by atoms with Crippen LogP contribution in [0, 0.1) is 0 Å². The standard InChI is InChI=1S/C23H33N11O/c1-3-35-13-12-34-21-20(18(31-34)15-32-9-8-26-17(2)14-32)29-23(33-10-6-24-7-11-33)30-22(21)28-19-4-5-25-16-27-19/h4-5,16,24,26H,2-3,6-15H2,1H3,(H,25,27,28,29,30). The largest absolute Gasteiger partial charge is 0.386 e. The van der Waals surface area contributed by atoms with Crippen LogP contribution in [0.25, 0.3) is 11.0 Å². The third-order valence-corrected chi connectivity index (χ3v) is 6.12. The molecule has 3 N–H and O–H groups in total. The summed E-state index contributed by atoms with van der Waals surface area (Å²) in [5.74, 6) is 2.05. The van der Waals surface area contributed by atoms with Crippen molar-refractivity contribution in [3.8, 4) is 0 Å². The van der Waals surface area contributed by atoms with E-state index in [-0.39, 0.29) is 0 Å². The van der Waals surface area contributed by atoms with Gasteiger partial charge in [-0.2, -0.15) is 10.1 Å². The summed E-state index contributed by atoms with van der Waals surface area (Å²) < 4.78 is 7.61. The Labute approximate surface area is 204 Å². The van der Waals surface area contributed by atoms with Crippen molar-refractivity contribution in [2.24, 2.45) is 0 Å². The van der Waals surface area contributed by atoms with Crippen LogP contribution in [-0.2, 0) is 17.8 Å². The van der Waals surface area contributed by atoms with Gasteiger partial charge in [0, 0.05) is 70.9 Å². The number of anilines is 3. The minimum atomic E-state index is 0.559. The molecule has 0 atom stereocenters. The number of piperazine rings is 2. The second-order valence-corrected chi connectivity index (χ2v) is 8.63. The molecule has 0 saturated carbocycles. The Morgan fingerprint density at radius 1 is 1.17 bits per heavy atom. The van der Waals surface area contributed by atoms with E-state index in [1.165, 1.54) is 6.33 Å². The lowest BCUT2D eigenvalue weighted by atomic mass is 10.2. The molecule has 0 aromatic carbocycles. The van der Waals surface area contributed by atoms with Crippen molar-refractivity contribution < 1.29 is 4.74 Å². The molecule has 186 valence electrons. The van der Waals surface area contributed by atoms with Crippen LogP contribution < -0.4 is 20.9 Å². The fraction of sp³-hybridized carbons (Fsp3) is 0.522. The molecule has 12 nitrogen and oxygen atoms in total. The predicted molar refractivity (Wildman–Crippen MR) is 135 cm³/mol. The molecule has 2 saturated heterocycles. The number of hydrogen-bond donors (Lipinski definition) is 3. The van der Waals surface area contributed by atoms with Crippen molar-refractivity contribution in [1.29, 1.82) is 0 Å². The van der Waals surface area contributed by atoms with Gasteiger partial charge in [0.2, 0.25) is 5.95 Å². The van der Waals surface area contributed by atoms with Crippen LogP contribution >= 0.6 is 0 Å². The second kappa shape index (κ2) is 10.9. The summed E-state index contributed by atoms with van der Waals surface area (Å²) in [7, 11) is 0. The lowest BCUT2D eigenvalue weighted by molar-refractivity contribution is 0.137. The number of hydrogen-bond acceptors (Lipinski definition) is 11. The van der Waals surface area contributed by atoms with E-state index in [1.54, 1.807) is 6.20 Å². The number of nitrogens with one attached hydrogen (secondary N) is 3. The van der Waals surface area contributed by atoms with E-state index in [9.17, 15) is 0 Å². The molecule has 0 amide bonds. The first-order valence-corrected chi connectivity index (χ1v) is 12.2. The number of ether oxygens (including phenoxy) is 1. The number of aromatic nitrogens is 6. The maximum Gasteiger partial charge on any atom is 0.228 e. The molecule has 2 aliphatic heterocycles. The SMILES string of the molecule is C=C1CN(Cc2nn(CCOCC)c3c(Nc4ccncn4)nc(N4CCNCC4)nc23)CCN1. The molecule has 3 aromatic rings. The molecule has 0 spiro atoms. The first-order chi connectivity index (χ1) is 17.2. The Balaban J connectivity index is 1.59. The van der Waals surface area contributed by atoms with Crippen molar-refractivity contribution in [2.45, 2.75) is 20.0 Å². The smallest absolute Gasteiger partial charge is 0.228 e. The zero-order valence-electron chi connectivity index (χ0n) is 20.2. The van der Waals surface area contributed by atoms with E-state index < -0.39 is 0 Å². The van der Waals surface area contributed by atoms with Crippen LogP contribution in [0.5, 0.6) is 0 Å². The highest BCUT2D eigenvalue weighted by molar-refractivity contribution is 5.90. The maximum atomic E-state index is 5.65. The van der Waals surface area contributed by atoms with Gasteiger partial charge in [0.1, 0.15) is 28.9 Å². The molecular formula is C23H33N11O. The van der Waals surface area contributed by atoms with Crippen molar-refractivity contribution >= 4 is 28.6 Å². The summed E-state index contributed by atoms with van der Waals surface area (Å²) in [6.45, 7) is 14.7. The van der Waals surface area contributed by atoms with E-state index in [2.05, 4.69) is 42.3 Å². The molecule has 3 aromatic heterocycles. The van der Waals surface area contributed by atoms with Crippen molar-refractivity contribution in [1.82, 2.24) is 45.2 Å². The van der Waals surface area contributed by atoms with Crippen LogP contribution in [0.15, 0.2) is 30.9 Å². The minimum absolute atomic E-state index is 0.559. The monoisotopic (exact) mass is 479 g/mol. The van der Waals surface area contributed by atoms with Crippen LogP contribution in [-0.4, -0.2) is 93.6 Å². The topological polar surface area (TPSA) is 121 Å². The van der Waals surface area contributed by atoms with Crippen LogP contribution in [0.1, 0.15) is 12.6 Å². The number of fused-ring (bicyclic) bond motifs is 1. The van der Waals surface area contributed by atoms with E-state index in [1.807, 2.05) is 17.7 Å². The fourth-order valence-electron chi connectivity index (χ4n) is 4.42. The van der Waals surface area contributed by atoms with E-state index in [0.29, 0.717) is 43.9 Å². The van der Waals surface area contributed by atoms with Gasteiger partial charge in [-0.3, -0.25) is 9.58 Å². The molecule has 0 radical (unpaired) electrons. The fourth-order valence-corrected chi connectivity index (χ4v) is 4.42. The highest BCUT2D eigenvalue weighted by Crippen LogP contribution is 2.29. The Morgan fingerprint density at radius 3 is 2.83 bits per heavy atom. The summed E-state index contributed by atoms with van der Waals surface area (Å²) in [6, 6.07) is 1.83. The molecule has 12 heteroatoms. The van der Waals surface area contributed by atoms with Crippen molar-refractivity contribution in [2.75, 3.05) is 69.2 Å². The third kappa shape index (κ3) is 5.50. The summed E-state index contributed by atoms with van der Waals surface area (Å²) in [4.78, 5) is 23.0. The molecule has 0 unspecified atom stereocenters. The molecule has 5 rings (SSSR count). The Hall–Kier alpha value is -3.35. The molecule has 0 aliphatic carbocycles. The second-order valence-electron chi connectivity index (χ2n) is 8.63. The van der Waals surface area contributed by atoms with E-state index in [0.717, 1.165) is 68.2 Å². The normalized spacial score (nSPS) is 17.1. The van der Waals surface area contributed by atoms with E-state index >= 15 is 0 Å². The highest BCUT2D eigenvalue weighted by atomic mass is 16.5. The highest BCUT2D eigenvalue weighted by Gasteiger charge is 2.24. The van der Waals surface area contributed by atoms with Gasteiger partial charge in [-0.15, -0.1) is 0 Å². The number of rotatable bonds is 9. The zero-order valence-corrected chi connectivity index (χ0v) is 20.2. The Kier molecular flexibility index (Phi) is 7.31. The zero-order chi connectivity index (χ0) is 24.0. The maximum absolute atomic E-state index is 5.65. The average molecular weight is 480 g/mol. The molecule has 2 aliphatic rings. The molecular weight excluding hydrogens is 446 g/mol. The predicted octanol–water partition coefficient (Wildman–Crippen LogP) is 0.725. The van der Waals surface area contributed by atoms with Crippen molar-refractivity contribution in [3.63, 3.8) is 0 Å². The van der Waals surface area contributed by atoms with Gasteiger partial charge in [-0.05, 0) is 13.0 Å². The quantitative estimate of drug-likeness (QED) is 0.377. The van der Waals surface area contributed by atoms with Gasteiger partial charge in [-0.1, -0.05) is 6.58 Å². The summed E-state index contributed by atoms with van der Waals surface area (Å²) in [6.07, 6.45) is 3.23. The van der Waals surface area contributed by atoms with Gasteiger partial charge >= 0.3 is 0 Å². The van der Waals surface area contributed by atoms with Gasteiger partial charge in [0.15, 0.2) is 5.82 Å². The molecule has 2 fully saturated rings. The van der Waals surface area contributed by atoms with Crippen molar-refractivity contribution in [3.05, 3.63) is 36.6 Å².